The summed E-state index contributed by atoms with van der Waals surface area (Å²) in [5.41, 5.74) is -0.113. The van der Waals surface area contributed by atoms with Crippen LogP contribution in [0.25, 0.3) is 0 Å². The molecular weight excluding hydrogens is 292 g/mol. The molecule has 1 aromatic carbocycles. The lowest BCUT2D eigenvalue weighted by Crippen LogP contribution is -2.49. The summed E-state index contributed by atoms with van der Waals surface area (Å²) in [6.45, 7) is 6.41. The van der Waals surface area contributed by atoms with Crippen molar-refractivity contribution >= 4 is 11.8 Å². The third kappa shape index (κ3) is 4.55. The maximum absolute atomic E-state index is 12.5. The van der Waals surface area contributed by atoms with Gasteiger partial charge in [-0.05, 0) is 39.2 Å². The van der Waals surface area contributed by atoms with Crippen molar-refractivity contribution in [2.24, 2.45) is 5.41 Å². The van der Waals surface area contributed by atoms with Gasteiger partial charge in [0.15, 0.2) is 0 Å². The lowest BCUT2D eigenvalue weighted by molar-refractivity contribution is -0.142. The van der Waals surface area contributed by atoms with Gasteiger partial charge in [-0.3, -0.25) is 9.59 Å². The van der Waals surface area contributed by atoms with E-state index in [-0.39, 0.29) is 24.0 Å². The number of carbonyl (C=O) groups is 2. The van der Waals surface area contributed by atoms with Crippen LogP contribution < -0.4 is 10.6 Å². The molecule has 5 heteroatoms. The van der Waals surface area contributed by atoms with Crippen molar-refractivity contribution in [3.05, 3.63) is 35.9 Å². The van der Waals surface area contributed by atoms with E-state index in [9.17, 15) is 9.59 Å². The molecule has 0 spiro atoms. The fourth-order valence-electron chi connectivity index (χ4n) is 2.54. The molecule has 0 aromatic heterocycles. The van der Waals surface area contributed by atoms with E-state index in [1.54, 1.807) is 13.8 Å². The highest BCUT2D eigenvalue weighted by Gasteiger charge is 2.37. The molecule has 5 nitrogen and oxygen atoms in total. The molecule has 2 amide bonds. The van der Waals surface area contributed by atoms with Crippen LogP contribution in [0.1, 0.15) is 45.2 Å². The van der Waals surface area contributed by atoms with E-state index < -0.39 is 5.41 Å². The van der Waals surface area contributed by atoms with Crippen LogP contribution in [0, 0.1) is 5.41 Å². The summed E-state index contributed by atoms with van der Waals surface area (Å²) in [5.74, 6) is -0.551. The Morgan fingerprint density at radius 1 is 1.26 bits per heavy atom. The second kappa shape index (κ2) is 7.59. The van der Waals surface area contributed by atoms with E-state index in [1.807, 2.05) is 37.3 Å². The zero-order valence-corrected chi connectivity index (χ0v) is 14.1. The van der Waals surface area contributed by atoms with Crippen LogP contribution in [-0.2, 0) is 14.3 Å². The highest BCUT2D eigenvalue weighted by atomic mass is 16.5. The zero-order chi connectivity index (χ0) is 16.9. The maximum Gasteiger partial charge on any atom is 0.235 e. The maximum atomic E-state index is 12.5. The highest BCUT2D eigenvalue weighted by Crippen LogP contribution is 2.20. The van der Waals surface area contributed by atoms with E-state index in [2.05, 4.69) is 10.6 Å². The third-order valence-corrected chi connectivity index (χ3v) is 4.30. The Morgan fingerprint density at radius 3 is 2.57 bits per heavy atom. The van der Waals surface area contributed by atoms with Crippen LogP contribution in [0.15, 0.2) is 30.3 Å². The molecule has 1 saturated heterocycles. The predicted octanol–water partition coefficient (Wildman–Crippen LogP) is 2.19. The molecule has 23 heavy (non-hydrogen) atoms. The van der Waals surface area contributed by atoms with Gasteiger partial charge in [-0.2, -0.15) is 0 Å². The number of ether oxygens (including phenoxy) is 1. The molecule has 1 heterocycles. The predicted molar refractivity (Wildman–Crippen MR) is 88.8 cm³/mol. The first-order valence-electron chi connectivity index (χ1n) is 8.17. The van der Waals surface area contributed by atoms with Gasteiger partial charge in [0.05, 0.1) is 12.1 Å². The first-order valence-corrected chi connectivity index (χ1v) is 8.17. The normalized spacial score (nSPS) is 19.2. The average Bonchev–Trinajstić information content (AvgIpc) is 3.06. The van der Waals surface area contributed by atoms with E-state index in [4.69, 9.17) is 4.74 Å². The molecule has 0 aliphatic carbocycles. The Morgan fingerprint density at radius 2 is 1.96 bits per heavy atom. The van der Waals surface area contributed by atoms with Crippen molar-refractivity contribution in [2.45, 2.75) is 45.8 Å². The van der Waals surface area contributed by atoms with E-state index >= 15 is 0 Å². The third-order valence-electron chi connectivity index (χ3n) is 4.30. The van der Waals surface area contributed by atoms with E-state index in [0.717, 1.165) is 25.0 Å². The molecular formula is C18H26N2O3. The summed E-state index contributed by atoms with van der Waals surface area (Å²) in [7, 11) is 0. The number of hydrogen-bond acceptors (Lipinski definition) is 3. The molecule has 0 radical (unpaired) electrons. The van der Waals surface area contributed by atoms with E-state index in [1.165, 1.54) is 0 Å². The van der Waals surface area contributed by atoms with Crippen molar-refractivity contribution in [1.82, 2.24) is 10.6 Å². The first-order chi connectivity index (χ1) is 10.9. The topological polar surface area (TPSA) is 67.4 Å². The monoisotopic (exact) mass is 318 g/mol. The second-order valence-corrected chi connectivity index (χ2v) is 6.58. The van der Waals surface area contributed by atoms with Gasteiger partial charge >= 0.3 is 0 Å². The highest BCUT2D eigenvalue weighted by molar-refractivity contribution is 6.04. The summed E-state index contributed by atoms with van der Waals surface area (Å²) in [6.07, 6.45) is 2.05. The van der Waals surface area contributed by atoms with Crippen LogP contribution in [0.3, 0.4) is 0 Å². The number of nitrogens with one attached hydrogen (secondary N) is 2. The smallest absolute Gasteiger partial charge is 0.235 e. The molecule has 2 rings (SSSR count). The summed E-state index contributed by atoms with van der Waals surface area (Å²) < 4.78 is 5.48. The number of hydrogen-bond donors (Lipinski definition) is 2. The van der Waals surface area contributed by atoms with Gasteiger partial charge in [0.25, 0.3) is 0 Å². The molecule has 1 aliphatic heterocycles. The minimum atomic E-state index is -1.12. The number of amides is 2. The standard InChI is InChI=1S/C18H26N2O3/c1-13(14-8-5-4-6-9-14)20-17(22)18(2,3)16(21)19-12-15-10-7-11-23-15/h4-6,8-9,13,15H,7,10-12H2,1-3H3,(H,19,21)(H,20,22). The molecule has 1 aliphatic rings. The minimum absolute atomic E-state index is 0.0704. The fraction of sp³-hybridized carbons (Fsp3) is 0.556. The summed E-state index contributed by atoms with van der Waals surface area (Å²) >= 11 is 0. The molecule has 0 saturated carbocycles. The van der Waals surface area contributed by atoms with Gasteiger partial charge in [0.2, 0.25) is 11.8 Å². The van der Waals surface area contributed by atoms with Crippen molar-refractivity contribution < 1.29 is 14.3 Å². The Labute approximate surface area is 137 Å². The van der Waals surface area contributed by atoms with Gasteiger partial charge in [0.1, 0.15) is 5.41 Å². The number of carbonyl (C=O) groups excluding carboxylic acids is 2. The fourth-order valence-corrected chi connectivity index (χ4v) is 2.54. The Balaban J connectivity index is 1.89. The van der Waals surface area contributed by atoms with Crippen LogP contribution in [-0.4, -0.2) is 31.1 Å². The van der Waals surface area contributed by atoms with Gasteiger partial charge in [0, 0.05) is 13.2 Å². The van der Waals surface area contributed by atoms with Gasteiger partial charge in [-0.1, -0.05) is 30.3 Å². The number of benzene rings is 1. The summed E-state index contributed by atoms with van der Waals surface area (Å²) in [6, 6.07) is 9.55. The lowest BCUT2D eigenvalue weighted by atomic mass is 9.90. The SMILES string of the molecule is CC(NC(=O)C(C)(C)C(=O)NCC1CCCO1)c1ccccc1. The van der Waals surface area contributed by atoms with Crippen molar-refractivity contribution in [3.63, 3.8) is 0 Å². The Bertz CT molecular complexity index is 536. The van der Waals surface area contributed by atoms with Crippen LogP contribution in [0.2, 0.25) is 0 Å². The van der Waals surface area contributed by atoms with Crippen LogP contribution >= 0.6 is 0 Å². The first kappa shape index (κ1) is 17.5. The molecule has 1 aromatic rings. The van der Waals surface area contributed by atoms with Crippen LogP contribution in [0.5, 0.6) is 0 Å². The molecule has 1 fully saturated rings. The second-order valence-electron chi connectivity index (χ2n) is 6.58. The lowest BCUT2D eigenvalue weighted by Gasteiger charge is -2.26. The number of rotatable bonds is 6. The summed E-state index contributed by atoms with van der Waals surface area (Å²) in [4.78, 5) is 24.8. The summed E-state index contributed by atoms with van der Waals surface area (Å²) in [5, 5.41) is 5.75. The molecule has 2 atom stereocenters. The van der Waals surface area contributed by atoms with Gasteiger partial charge in [-0.15, -0.1) is 0 Å². The van der Waals surface area contributed by atoms with Crippen molar-refractivity contribution in [3.8, 4) is 0 Å². The van der Waals surface area contributed by atoms with Crippen molar-refractivity contribution in [2.75, 3.05) is 13.2 Å². The van der Waals surface area contributed by atoms with Crippen LogP contribution in [0.4, 0.5) is 0 Å². The van der Waals surface area contributed by atoms with Gasteiger partial charge < -0.3 is 15.4 Å². The quantitative estimate of drug-likeness (QED) is 0.790. The Kier molecular flexibility index (Phi) is 5.77. The molecule has 2 N–H and O–H groups in total. The largest absolute Gasteiger partial charge is 0.376 e. The minimum Gasteiger partial charge on any atom is -0.376 e. The van der Waals surface area contributed by atoms with E-state index in [0.29, 0.717) is 6.54 Å². The molecule has 126 valence electrons. The average molecular weight is 318 g/mol. The molecule has 0 bridgehead atoms. The zero-order valence-electron chi connectivity index (χ0n) is 14.1. The van der Waals surface area contributed by atoms with Gasteiger partial charge in [-0.25, -0.2) is 0 Å². The Hall–Kier alpha value is -1.88. The molecule has 2 unspecified atom stereocenters. The van der Waals surface area contributed by atoms with Crippen molar-refractivity contribution in [1.29, 1.82) is 0 Å².